The minimum absolute atomic E-state index is 0.201. The topological polar surface area (TPSA) is 42.6 Å². The highest BCUT2D eigenvalue weighted by molar-refractivity contribution is 6.30. The van der Waals surface area contributed by atoms with Gasteiger partial charge in [-0.3, -0.25) is 9.91 Å². The van der Waals surface area contributed by atoms with Crippen LogP contribution in [0.4, 0.5) is 5.69 Å². The fourth-order valence-corrected chi connectivity index (χ4v) is 5.20. The second kappa shape index (κ2) is 8.81. The Kier molecular flexibility index (Phi) is 5.89. The number of fused-ring (bicyclic) bond motifs is 3. The maximum Gasteiger partial charge on any atom is 0.0814 e. The minimum Gasteiger partial charge on any atom is -0.378 e. The molecule has 0 aliphatic carbocycles. The van der Waals surface area contributed by atoms with Crippen LogP contribution in [0.5, 0.6) is 0 Å². The van der Waals surface area contributed by atoms with E-state index in [4.69, 9.17) is 11.6 Å². The van der Waals surface area contributed by atoms with E-state index in [0.717, 1.165) is 48.9 Å². The number of rotatable bonds is 4. The van der Waals surface area contributed by atoms with Crippen molar-refractivity contribution in [2.45, 2.75) is 45.7 Å². The average Bonchev–Trinajstić information content (AvgIpc) is 3.08. The largest absolute Gasteiger partial charge is 0.378 e. The van der Waals surface area contributed by atoms with Crippen LogP contribution in [0.25, 0.3) is 11.3 Å². The third kappa shape index (κ3) is 4.13. The molecule has 0 fully saturated rings. The summed E-state index contributed by atoms with van der Waals surface area (Å²) in [5.41, 5.74) is 15.5. The molecule has 6 heteroatoms. The fraction of sp³-hybridized carbons (Fsp3) is 0.385. The molecule has 3 aliphatic heterocycles. The van der Waals surface area contributed by atoms with Gasteiger partial charge in [-0.1, -0.05) is 35.9 Å². The van der Waals surface area contributed by atoms with Gasteiger partial charge in [0.25, 0.3) is 0 Å². The van der Waals surface area contributed by atoms with Crippen LogP contribution in [0.15, 0.2) is 54.2 Å². The Balaban J connectivity index is 1.53. The van der Waals surface area contributed by atoms with Gasteiger partial charge in [0.2, 0.25) is 0 Å². The maximum atomic E-state index is 6.27. The molecule has 0 spiro atoms. The molecule has 0 aromatic heterocycles. The van der Waals surface area contributed by atoms with E-state index in [0.29, 0.717) is 6.04 Å². The van der Waals surface area contributed by atoms with Gasteiger partial charge in [-0.2, -0.15) is 0 Å². The Bertz CT molecular complexity index is 1070. The van der Waals surface area contributed by atoms with Crippen molar-refractivity contribution in [1.82, 2.24) is 20.9 Å². The smallest absolute Gasteiger partial charge is 0.0814 e. The number of anilines is 1. The van der Waals surface area contributed by atoms with Gasteiger partial charge in [0.05, 0.1) is 17.4 Å². The lowest BCUT2D eigenvalue weighted by Crippen LogP contribution is -2.37. The zero-order chi connectivity index (χ0) is 22.2. The molecule has 0 bridgehead atoms. The van der Waals surface area contributed by atoms with Gasteiger partial charge in [-0.05, 0) is 74.6 Å². The van der Waals surface area contributed by atoms with Crippen molar-refractivity contribution in [3.8, 4) is 0 Å². The van der Waals surface area contributed by atoms with E-state index in [1.807, 2.05) is 18.2 Å². The zero-order valence-corrected chi connectivity index (χ0v) is 19.8. The lowest BCUT2D eigenvalue weighted by atomic mass is 9.90. The molecule has 2 aromatic rings. The van der Waals surface area contributed by atoms with Gasteiger partial charge < -0.3 is 10.7 Å². The van der Waals surface area contributed by atoms with Gasteiger partial charge >= 0.3 is 0 Å². The van der Waals surface area contributed by atoms with Crippen LogP contribution in [0.3, 0.4) is 0 Å². The Labute approximate surface area is 196 Å². The quantitative estimate of drug-likeness (QED) is 0.582. The highest BCUT2D eigenvalue weighted by atomic mass is 35.5. The van der Waals surface area contributed by atoms with Gasteiger partial charge in [0.1, 0.15) is 0 Å². The van der Waals surface area contributed by atoms with Crippen molar-refractivity contribution in [3.63, 3.8) is 0 Å². The van der Waals surface area contributed by atoms with E-state index in [2.05, 4.69) is 77.3 Å². The molecule has 3 aliphatic rings. The predicted octanol–water partition coefficient (Wildman–Crippen LogP) is 5.41. The van der Waals surface area contributed by atoms with Crippen molar-refractivity contribution in [2.75, 3.05) is 25.0 Å². The summed E-state index contributed by atoms with van der Waals surface area (Å²) in [5.74, 6) is 0. The summed E-state index contributed by atoms with van der Waals surface area (Å²) in [6.45, 7) is 9.75. The first-order chi connectivity index (χ1) is 15.5. The molecule has 3 N–H and O–H groups in total. The van der Waals surface area contributed by atoms with Crippen LogP contribution in [-0.4, -0.2) is 35.6 Å². The van der Waals surface area contributed by atoms with E-state index in [-0.39, 0.29) is 6.04 Å². The molecule has 5 rings (SSSR count). The summed E-state index contributed by atoms with van der Waals surface area (Å²) in [5, 5.41) is 6.75. The van der Waals surface area contributed by atoms with Crippen molar-refractivity contribution >= 4 is 28.6 Å². The zero-order valence-electron chi connectivity index (χ0n) is 19.1. The molecule has 3 heterocycles. The second-order valence-corrected chi connectivity index (χ2v) is 9.66. The number of benzene rings is 2. The van der Waals surface area contributed by atoms with Crippen molar-refractivity contribution in [2.24, 2.45) is 0 Å². The molecule has 1 atom stereocenters. The minimum atomic E-state index is 0.201. The maximum absolute atomic E-state index is 6.27. The highest BCUT2D eigenvalue weighted by Gasteiger charge is 2.30. The summed E-state index contributed by atoms with van der Waals surface area (Å²) in [6.07, 6.45) is 4.49. The van der Waals surface area contributed by atoms with Crippen molar-refractivity contribution in [3.05, 3.63) is 76.0 Å². The van der Waals surface area contributed by atoms with E-state index in [1.165, 1.54) is 28.0 Å². The molecule has 0 radical (unpaired) electrons. The molecule has 0 saturated carbocycles. The van der Waals surface area contributed by atoms with Crippen LogP contribution in [0.1, 0.15) is 56.3 Å². The first-order valence-corrected chi connectivity index (χ1v) is 12.0. The van der Waals surface area contributed by atoms with E-state index >= 15 is 0 Å². The monoisotopic (exact) mass is 449 g/mol. The van der Waals surface area contributed by atoms with Crippen LogP contribution < -0.4 is 16.3 Å². The first kappa shape index (κ1) is 21.4. The van der Waals surface area contributed by atoms with Gasteiger partial charge in [-0.25, -0.2) is 0 Å². The van der Waals surface area contributed by atoms with Gasteiger partial charge in [0, 0.05) is 41.9 Å². The molecule has 168 valence electrons. The van der Waals surface area contributed by atoms with Crippen LogP contribution in [-0.2, 0) is 0 Å². The molecule has 0 saturated heterocycles. The van der Waals surface area contributed by atoms with Gasteiger partial charge in [0.15, 0.2) is 0 Å². The Morgan fingerprint density at radius 1 is 1.12 bits per heavy atom. The number of hydrogen-bond acceptors (Lipinski definition) is 5. The number of hydrazine groups is 2. The number of allylic oxidation sites excluding steroid dienone is 1. The predicted molar refractivity (Wildman–Crippen MR) is 134 cm³/mol. The highest BCUT2D eigenvalue weighted by Crippen LogP contribution is 2.39. The molecule has 0 amide bonds. The van der Waals surface area contributed by atoms with Crippen molar-refractivity contribution < 1.29 is 0 Å². The SMILES string of the molecule is CC1=C2c3ccc(C4=CCN(C(C)C)CC4)cc3[C@H](Nc3cccc(Cl)c3)CCN2NN1. The van der Waals surface area contributed by atoms with E-state index in [9.17, 15) is 0 Å². The average molecular weight is 450 g/mol. The second-order valence-electron chi connectivity index (χ2n) is 9.23. The molecule has 32 heavy (non-hydrogen) atoms. The molecule has 0 unspecified atom stereocenters. The van der Waals surface area contributed by atoms with Crippen LogP contribution >= 0.6 is 11.6 Å². The molecule has 5 nitrogen and oxygen atoms in total. The standard InChI is InChI=1S/C26H32ClN5/c1-17(2)31-12-9-19(10-13-31)20-7-8-23-24(15-20)25(28-22-6-4-5-21(27)16-22)11-14-32-26(23)18(3)29-30-32/h4-9,15-17,25,28-30H,10-14H2,1-3H3/t25-/m1/s1. The Morgan fingerprint density at radius 2 is 2.00 bits per heavy atom. The van der Waals surface area contributed by atoms with Crippen molar-refractivity contribution in [1.29, 1.82) is 0 Å². The van der Waals surface area contributed by atoms with E-state index < -0.39 is 0 Å². The van der Waals surface area contributed by atoms with Gasteiger partial charge in [-0.15, -0.1) is 5.53 Å². The summed E-state index contributed by atoms with van der Waals surface area (Å²) >= 11 is 6.27. The normalized spacial score (nSPS) is 21.1. The lowest BCUT2D eigenvalue weighted by molar-refractivity contribution is 0.245. The van der Waals surface area contributed by atoms with Crippen LogP contribution in [0.2, 0.25) is 5.02 Å². The summed E-state index contributed by atoms with van der Waals surface area (Å²) in [6, 6.07) is 15.8. The first-order valence-electron chi connectivity index (χ1n) is 11.6. The molecular weight excluding hydrogens is 418 g/mol. The van der Waals surface area contributed by atoms with Crippen LogP contribution in [0, 0.1) is 0 Å². The third-order valence-electron chi connectivity index (χ3n) is 6.83. The summed E-state index contributed by atoms with van der Waals surface area (Å²) in [4.78, 5) is 2.53. The number of hydrogen-bond donors (Lipinski definition) is 3. The Morgan fingerprint density at radius 3 is 2.75 bits per heavy atom. The van der Waals surface area contributed by atoms with E-state index in [1.54, 1.807) is 0 Å². The summed E-state index contributed by atoms with van der Waals surface area (Å²) < 4.78 is 0. The summed E-state index contributed by atoms with van der Waals surface area (Å²) in [7, 11) is 0. The fourth-order valence-electron chi connectivity index (χ4n) is 5.01. The number of nitrogens with one attached hydrogen (secondary N) is 3. The third-order valence-corrected chi connectivity index (χ3v) is 7.07. The number of halogens is 1. The lowest BCUT2D eigenvalue weighted by Gasteiger charge is -2.30. The molecule has 2 aromatic carbocycles. The Hall–Kier alpha value is -2.47. The molecular formula is C26H32ClN5. The number of nitrogens with zero attached hydrogens (tertiary/aromatic N) is 2.